The van der Waals surface area contributed by atoms with Crippen molar-refractivity contribution in [3.8, 4) is 0 Å². The van der Waals surface area contributed by atoms with Gasteiger partial charge in [-0.2, -0.15) is 4.98 Å². The molecule has 124 valence electrons. The molecule has 1 aromatic rings. The molecule has 3 rings (SSSR count). The molecule has 0 spiro atoms. The Bertz CT molecular complexity index is 451. The molecule has 1 saturated heterocycles. The molecule has 0 amide bonds. The maximum absolute atomic E-state index is 5.50. The Morgan fingerprint density at radius 2 is 1.86 bits per heavy atom. The first kappa shape index (κ1) is 15.9. The summed E-state index contributed by atoms with van der Waals surface area (Å²) in [6.45, 7) is 3.52. The van der Waals surface area contributed by atoms with E-state index in [9.17, 15) is 0 Å². The normalized spacial score (nSPS) is 28.6. The SMILES string of the molecule is COC1CCC(N[C@@H](c2nc(C)no2)C2CCOCC2)CC1. The second kappa shape index (κ2) is 7.53. The molecule has 2 heterocycles. The first-order valence-electron chi connectivity index (χ1n) is 8.43. The fraction of sp³-hybridized carbons (Fsp3) is 0.875. The van der Waals surface area contributed by atoms with Gasteiger partial charge in [0.15, 0.2) is 5.82 Å². The van der Waals surface area contributed by atoms with Gasteiger partial charge in [0.2, 0.25) is 5.89 Å². The van der Waals surface area contributed by atoms with E-state index in [1.807, 2.05) is 14.0 Å². The van der Waals surface area contributed by atoms with Gasteiger partial charge < -0.3 is 19.3 Å². The zero-order chi connectivity index (χ0) is 15.4. The van der Waals surface area contributed by atoms with E-state index in [-0.39, 0.29) is 6.04 Å². The van der Waals surface area contributed by atoms with Crippen LogP contribution in [0.15, 0.2) is 4.52 Å². The topological polar surface area (TPSA) is 69.4 Å². The predicted octanol–water partition coefficient (Wildman–Crippen LogP) is 2.39. The maximum Gasteiger partial charge on any atom is 0.244 e. The average Bonchev–Trinajstić information content (AvgIpc) is 3.00. The van der Waals surface area contributed by atoms with Crippen molar-refractivity contribution in [3.63, 3.8) is 0 Å². The third kappa shape index (κ3) is 3.86. The number of aromatic nitrogens is 2. The van der Waals surface area contributed by atoms with Crippen molar-refractivity contribution in [3.05, 3.63) is 11.7 Å². The number of nitrogens with one attached hydrogen (secondary N) is 1. The van der Waals surface area contributed by atoms with E-state index in [0.29, 0.717) is 23.9 Å². The molecule has 1 saturated carbocycles. The number of rotatable bonds is 5. The number of methoxy groups -OCH3 is 1. The van der Waals surface area contributed by atoms with Gasteiger partial charge in [0.05, 0.1) is 12.1 Å². The van der Waals surface area contributed by atoms with Crippen LogP contribution in [-0.4, -0.2) is 42.6 Å². The fourth-order valence-electron chi connectivity index (χ4n) is 3.62. The van der Waals surface area contributed by atoms with Crippen LogP contribution in [-0.2, 0) is 9.47 Å². The maximum atomic E-state index is 5.50. The minimum absolute atomic E-state index is 0.147. The second-order valence-corrected chi connectivity index (χ2v) is 6.48. The highest BCUT2D eigenvalue weighted by Gasteiger charge is 2.32. The van der Waals surface area contributed by atoms with Gasteiger partial charge >= 0.3 is 0 Å². The van der Waals surface area contributed by atoms with E-state index in [0.717, 1.165) is 57.6 Å². The van der Waals surface area contributed by atoms with Crippen molar-refractivity contribution >= 4 is 0 Å². The molecule has 0 unspecified atom stereocenters. The third-order valence-electron chi connectivity index (χ3n) is 4.97. The van der Waals surface area contributed by atoms with E-state index in [2.05, 4.69) is 15.5 Å². The lowest BCUT2D eigenvalue weighted by molar-refractivity contribution is 0.0376. The summed E-state index contributed by atoms with van der Waals surface area (Å²) in [5.74, 6) is 1.95. The van der Waals surface area contributed by atoms with Gasteiger partial charge in [-0.3, -0.25) is 0 Å². The monoisotopic (exact) mass is 309 g/mol. The summed E-state index contributed by atoms with van der Waals surface area (Å²) in [7, 11) is 1.81. The van der Waals surface area contributed by atoms with E-state index in [1.165, 1.54) is 0 Å². The minimum Gasteiger partial charge on any atom is -0.381 e. The van der Waals surface area contributed by atoms with Crippen LogP contribution in [0.4, 0.5) is 0 Å². The molecule has 2 fully saturated rings. The second-order valence-electron chi connectivity index (χ2n) is 6.48. The van der Waals surface area contributed by atoms with Gasteiger partial charge in [-0.15, -0.1) is 0 Å². The standard InChI is InChI=1S/C16H27N3O3/c1-11-17-16(22-19-11)15(12-7-9-21-10-8-12)18-13-3-5-14(20-2)6-4-13/h12-15,18H,3-10H2,1-2H3/t13?,14?,15-/m1/s1. The van der Waals surface area contributed by atoms with E-state index >= 15 is 0 Å². The van der Waals surface area contributed by atoms with Crippen molar-refractivity contribution in [2.75, 3.05) is 20.3 Å². The molecule has 1 N–H and O–H groups in total. The molecule has 6 nitrogen and oxygen atoms in total. The summed E-state index contributed by atoms with van der Waals surface area (Å²) in [6.07, 6.45) is 7.05. The molecular formula is C16H27N3O3. The van der Waals surface area contributed by atoms with Gasteiger partial charge in [-0.1, -0.05) is 5.16 Å². The highest BCUT2D eigenvalue weighted by molar-refractivity contribution is 4.97. The highest BCUT2D eigenvalue weighted by atomic mass is 16.5. The zero-order valence-electron chi connectivity index (χ0n) is 13.6. The third-order valence-corrected chi connectivity index (χ3v) is 4.97. The number of aryl methyl sites for hydroxylation is 1. The fourth-order valence-corrected chi connectivity index (χ4v) is 3.62. The lowest BCUT2D eigenvalue weighted by atomic mass is 9.88. The van der Waals surface area contributed by atoms with Crippen LogP contribution in [0, 0.1) is 12.8 Å². The molecule has 1 atom stereocenters. The van der Waals surface area contributed by atoms with Crippen molar-refractivity contribution in [1.82, 2.24) is 15.5 Å². The van der Waals surface area contributed by atoms with E-state index in [1.54, 1.807) is 0 Å². The van der Waals surface area contributed by atoms with E-state index in [4.69, 9.17) is 14.0 Å². The molecule has 6 heteroatoms. The zero-order valence-corrected chi connectivity index (χ0v) is 13.6. The molecule has 1 aliphatic carbocycles. The van der Waals surface area contributed by atoms with Crippen LogP contribution < -0.4 is 5.32 Å². The minimum atomic E-state index is 0.147. The Morgan fingerprint density at radius 3 is 2.45 bits per heavy atom. The summed E-state index contributed by atoms with van der Waals surface area (Å²) >= 11 is 0. The van der Waals surface area contributed by atoms with Gasteiger partial charge in [-0.25, -0.2) is 0 Å². The van der Waals surface area contributed by atoms with Crippen molar-refractivity contribution in [1.29, 1.82) is 0 Å². The quantitative estimate of drug-likeness (QED) is 0.900. The first-order valence-corrected chi connectivity index (χ1v) is 8.43. The van der Waals surface area contributed by atoms with Crippen molar-refractivity contribution < 1.29 is 14.0 Å². The molecule has 2 aliphatic rings. The smallest absolute Gasteiger partial charge is 0.244 e. The van der Waals surface area contributed by atoms with Crippen LogP contribution in [0.3, 0.4) is 0 Å². The van der Waals surface area contributed by atoms with E-state index < -0.39 is 0 Å². The largest absolute Gasteiger partial charge is 0.381 e. The Hall–Kier alpha value is -0.980. The molecule has 0 bridgehead atoms. The first-order chi connectivity index (χ1) is 10.8. The van der Waals surface area contributed by atoms with Gasteiger partial charge in [0.25, 0.3) is 0 Å². The average molecular weight is 309 g/mol. The number of ether oxygens (including phenoxy) is 2. The van der Waals surface area contributed by atoms with Crippen molar-refractivity contribution in [2.45, 2.75) is 63.6 Å². The van der Waals surface area contributed by atoms with Crippen LogP contribution in [0.1, 0.15) is 56.3 Å². The Balaban J connectivity index is 1.66. The highest BCUT2D eigenvalue weighted by Crippen LogP contribution is 2.32. The number of hydrogen-bond donors (Lipinski definition) is 1. The molecule has 0 radical (unpaired) electrons. The van der Waals surface area contributed by atoms with Crippen LogP contribution in [0.25, 0.3) is 0 Å². The summed E-state index contributed by atoms with van der Waals surface area (Å²) in [4.78, 5) is 4.48. The Morgan fingerprint density at radius 1 is 1.14 bits per heavy atom. The van der Waals surface area contributed by atoms with Gasteiger partial charge in [-0.05, 0) is 51.4 Å². The summed E-state index contributed by atoms with van der Waals surface area (Å²) in [5, 5.41) is 7.77. The predicted molar refractivity (Wildman–Crippen MR) is 81.5 cm³/mol. The van der Waals surface area contributed by atoms with Crippen LogP contribution in [0.2, 0.25) is 0 Å². The number of hydrogen-bond acceptors (Lipinski definition) is 6. The molecule has 22 heavy (non-hydrogen) atoms. The molecule has 1 aromatic heterocycles. The Kier molecular flexibility index (Phi) is 5.44. The van der Waals surface area contributed by atoms with Crippen LogP contribution in [0.5, 0.6) is 0 Å². The van der Waals surface area contributed by atoms with Crippen molar-refractivity contribution in [2.24, 2.45) is 5.92 Å². The molecule has 1 aliphatic heterocycles. The van der Waals surface area contributed by atoms with Gasteiger partial charge in [0, 0.05) is 26.4 Å². The molecule has 0 aromatic carbocycles. The Labute approximate surface area is 131 Å². The van der Waals surface area contributed by atoms with Gasteiger partial charge in [0.1, 0.15) is 0 Å². The molecular weight excluding hydrogens is 282 g/mol. The summed E-state index contributed by atoms with van der Waals surface area (Å²) < 4.78 is 16.4. The summed E-state index contributed by atoms with van der Waals surface area (Å²) in [5.41, 5.74) is 0. The lowest BCUT2D eigenvalue weighted by Crippen LogP contribution is -2.41. The lowest BCUT2D eigenvalue weighted by Gasteiger charge is -2.34. The summed E-state index contributed by atoms with van der Waals surface area (Å²) in [6, 6.07) is 0.653. The van der Waals surface area contributed by atoms with Crippen LogP contribution >= 0.6 is 0 Å². The number of nitrogens with zero attached hydrogens (tertiary/aromatic N) is 2.